The van der Waals surface area contributed by atoms with Crippen LogP contribution in [0, 0.1) is 13.8 Å². The number of rotatable bonds is 35. The van der Waals surface area contributed by atoms with Crippen molar-refractivity contribution in [1.82, 2.24) is 108 Å². The van der Waals surface area contributed by atoms with E-state index in [0.717, 1.165) is 181 Å². The Morgan fingerprint density at radius 3 is 1.29 bits per heavy atom. The predicted molar refractivity (Wildman–Crippen MR) is 580 cm³/mol. The molecule has 8 aromatic carbocycles. The minimum absolute atomic E-state index is 0.145. The minimum Gasteiger partial charge on any atom is -0.492 e. The molecule has 4 N–H and O–H groups in total. The monoisotopic (exact) mass is 1970 g/mol. The first-order valence-corrected chi connectivity index (χ1v) is 51.7. The maximum absolute atomic E-state index is 12.3. The van der Waals surface area contributed by atoms with Gasteiger partial charge in [0.25, 0.3) is 5.91 Å². The van der Waals surface area contributed by atoms with Gasteiger partial charge in [0.2, 0.25) is 23.6 Å². The van der Waals surface area contributed by atoms with Crippen molar-refractivity contribution in [3.63, 3.8) is 0 Å². The van der Waals surface area contributed by atoms with Crippen molar-refractivity contribution in [2.45, 2.75) is 117 Å². The van der Waals surface area contributed by atoms with Crippen LogP contribution in [0.15, 0.2) is 319 Å². The number of likely N-dealkylation sites (tertiary alicyclic amines) is 4. The lowest BCUT2D eigenvalue weighted by Crippen LogP contribution is -2.25. The van der Waals surface area contributed by atoms with Crippen molar-refractivity contribution in [2.75, 3.05) is 113 Å². The molecule has 0 saturated carbocycles. The Morgan fingerprint density at radius 1 is 0.372 bits per heavy atom. The molecule has 24 rings (SSSR count). The number of hydrogen-bond acceptors (Lipinski definition) is 24. The Bertz CT molecular complexity index is 7700. The number of aromatic nitrogens is 18. The zero-order chi connectivity index (χ0) is 100. The summed E-state index contributed by atoms with van der Waals surface area (Å²) in [5, 5.41) is 48.5. The Balaban J connectivity index is 0.000000116. The molecular weight excluding hydrogens is 1850 g/mol. The fourth-order valence-electron chi connectivity index (χ4n) is 19.7. The lowest BCUT2D eigenvalue weighted by Gasteiger charge is -2.15. The summed E-state index contributed by atoms with van der Waals surface area (Å²) in [4.78, 5) is 41.2. The summed E-state index contributed by atoms with van der Waals surface area (Å²) in [6.07, 6.45) is 25.3. The second-order valence-corrected chi connectivity index (χ2v) is 38.0. The molecule has 31 heteroatoms. The topological polar surface area (TPSA) is 305 Å². The van der Waals surface area contributed by atoms with Gasteiger partial charge in [-0.2, -0.15) is 30.2 Å². The molecule has 750 valence electrons. The van der Waals surface area contributed by atoms with E-state index in [9.17, 15) is 4.79 Å². The van der Waals surface area contributed by atoms with Crippen LogP contribution < -0.4 is 30.7 Å². The maximum Gasteiger partial charge on any atom is 0.294 e. The number of nitrogens with one attached hydrogen (secondary N) is 4. The van der Waals surface area contributed by atoms with Crippen LogP contribution >= 0.6 is 0 Å². The number of fused-ring (bicyclic) bond motifs is 4. The smallest absolute Gasteiger partial charge is 0.294 e. The first-order chi connectivity index (χ1) is 72.9. The molecule has 1 amide bonds. The van der Waals surface area contributed by atoms with Gasteiger partial charge in [-0.25, -0.2) is 23.0 Å². The van der Waals surface area contributed by atoms with Crippen LogP contribution in [0.25, 0.3) is 89.9 Å². The summed E-state index contributed by atoms with van der Waals surface area (Å²) in [5.41, 5.74) is 24.9. The highest BCUT2D eigenvalue weighted by molar-refractivity contribution is 6.02. The van der Waals surface area contributed by atoms with Gasteiger partial charge in [-0.3, -0.25) is 24.0 Å². The summed E-state index contributed by atoms with van der Waals surface area (Å²) in [6.45, 7) is 23.2. The zero-order valence-corrected chi connectivity index (χ0v) is 83.8. The largest absolute Gasteiger partial charge is 0.492 e. The number of amides is 1. The lowest BCUT2D eigenvalue weighted by atomic mass is 10.0. The Hall–Kier alpha value is -16.6. The molecule has 4 fully saturated rings. The number of hydrogen-bond donors (Lipinski definition) is 4. The van der Waals surface area contributed by atoms with E-state index in [1.807, 2.05) is 183 Å². The van der Waals surface area contributed by atoms with Gasteiger partial charge >= 0.3 is 0 Å². The van der Waals surface area contributed by atoms with Crippen molar-refractivity contribution in [1.29, 1.82) is 0 Å². The van der Waals surface area contributed by atoms with Gasteiger partial charge in [-0.1, -0.05) is 162 Å². The van der Waals surface area contributed by atoms with E-state index in [2.05, 4.69) is 230 Å². The number of anilines is 7. The third kappa shape index (κ3) is 24.8. The quantitative estimate of drug-likeness (QED) is 0.0287. The predicted octanol–water partition coefficient (Wildman–Crippen LogP) is 22.1. The van der Waals surface area contributed by atoms with Gasteiger partial charge in [0, 0.05) is 101 Å². The van der Waals surface area contributed by atoms with E-state index in [4.69, 9.17) is 48.8 Å². The molecule has 0 aliphatic carbocycles. The van der Waals surface area contributed by atoms with E-state index in [1.165, 1.54) is 159 Å². The SMILES string of the molecule is CCn1cc(-c2ccc(-c3cccc4nc(Nc5ccc(CCCN6CCCC6)cc5)nn34)cc2)cn1.Cc1noc(C)c1-c1ccc(-c2cccc3nc(Nc4ccc(CCCN5CCCC5)cc4)nn23)cc1.O=C(Nc1cccc(-c2cccc3nc(Nc4ccc(OCCN5CCCC5)cc4)nn23)c1)c1ccno1.c1ccc(Cn2cc(-c3cccc4nc(Cc5ccc(OCCN6CCCC6)cc5)nn34)cn2)cc1. The first kappa shape index (κ1) is 97.5. The summed E-state index contributed by atoms with van der Waals surface area (Å²) < 4.78 is 33.5. The van der Waals surface area contributed by atoms with Crippen molar-refractivity contribution in [3.8, 4) is 78.8 Å². The average Bonchev–Trinajstić information content (AvgIpc) is 1.71. The van der Waals surface area contributed by atoms with E-state index in [1.54, 1.807) is 4.52 Å². The highest BCUT2D eigenvalue weighted by Crippen LogP contribution is 2.35. The maximum atomic E-state index is 12.3. The number of benzene rings is 8. The molecule has 148 heavy (non-hydrogen) atoms. The molecule has 12 aromatic heterocycles. The van der Waals surface area contributed by atoms with Crippen molar-refractivity contribution < 1.29 is 23.3 Å². The Labute approximate surface area is 859 Å². The highest BCUT2D eigenvalue weighted by Gasteiger charge is 2.23. The van der Waals surface area contributed by atoms with Gasteiger partial charge in [0.1, 0.15) is 30.5 Å². The number of ether oxygens (including phenoxy) is 2. The standard InChI is InChI=1S/C30H33N7.C30H32N6O.C29H30N6O.C28H27N7O3/c1-2-36-22-26(21-31-36)24-12-14-25(15-13-24)28-8-5-9-29-33-30(34-37(28)29)32-27-16-10-23(11-17-27)7-6-20-35-18-3-4-19-35;1-21-29(22(2)37-34-21)25-14-12-24(13-15-25)27-8-5-9-28-32-30(33-36(27)28)31-26-16-10-23(11-17-26)7-6-20-35-18-3-4-19-35;1-2-7-24(8-3-1)21-34-22-25(20-30-34)27-9-6-10-29-31-28(32-35(27)29)19-23-11-13-26(14-12-23)36-18-17-33-15-4-5-16-33;36-27(25-13-14-29-38-25)30-22-6-3-5-20(19-22)24-7-4-8-26-32-28(33-35(24)26)31-21-9-11-23(12-10-21)37-18-17-34-15-1-2-16-34/h5,8-17,21-22H,2-4,6-7,18-20H2,1H3,(H,32,34);5,8-17H,3-4,6-7,18-20H2,1-2H3,(H,31,33);1-3,6-14,20,22H,4-5,15-19,21H2;3-14,19H,1-2,15-18H2,(H,30,36)(H,31,33). The average molecular weight is 1970 g/mol. The van der Waals surface area contributed by atoms with Crippen LogP contribution in [0.1, 0.15) is 121 Å². The van der Waals surface area contributed by atoms with Gasteiger partial charge in [-0.15, -0.1) is 15.3 Å². The van der Waals surface area contributed by atoms with Crippen molar-refractivity contribution in [3.05, 3.63) is 355 Å². The summed E-state index contributed by atoms with van der Waals surface area (Å²) >= 11 is 0. The first-order valence-electron chi connectivity index (χ1n) is 51.7. The number of nitrogens with zero attached hydrogens (tertiary/aromatic N) is 22. The number of carbonyl (C=O) groups is 1. The van der Waals surface area contributed by atoms with Crippen LogP contribution in [0.2, 0.25) is 0 Å². The third-order valence-corrected chi connectivity index (χ3v) is 27.5. The lowest BCUT2D eigenvalue weighted by molar-refractivity contribution is 0.0987. The van der Waals surface area contributed by atoms with Crippen LogP contribution in [0.3, 0.4) is 0 Å². The fourth-order valence-corrected chi connectivity index (χ4v) is 19.7. The zero-order valence-electron chi connectivity index (χ0n) is 83.8. The fraction of sp³-hybridized carbons (Fsp3) is 0.274. The molecule has 31 nitrogen and oxygen atoms in total. The van der Waals surface area contributed by atoms with E-state index < -0.39 is 0 Å². The van der Waals surface area contributed by atoms with E-state index >= 15 is 0 Å². The van der Waals surface area contributed by atoms with Crippen LogP contribution in [0.5, 0.6) is 11.5 Å². The van der Waals surface area contributed by atoms with Crippen LogP contribution in [0.4, 0.5) is 40.6 Å². The number of carbonyl (C=O) groups excluding carboxylic acids is 1. The third-order valence-electron chi connectivity index (χ3n) is 27.5. The second kappa shape index (κ2) is 47.1. The van der Waals surface area contributed by atoms with Gasteiger partial charge < -0.3 is 49.6 Å². The summed E-state index contributed by atoms with van der Waals surface area (Å²) in [6, 6.07) is 93.7. The Kier molecular flexibility index (Phi) is 31.0. The van der Waals surface area contributed by atoms with Crippen LogP contribution in [-0.4, -0.2) is 206 Å². The van der Waals surface area contributed by atoms with Gasteiger partial charge in [-0.05, 0) is 318 Å². The summed E-state index contributed by atoms with van der Waals surface area (Å²) in [7, 11) is 0. The Morgan fingerprint density at radius 2 is 0.804 bits per heavy atom. The highest BCUT2D eigenvalue weighted by atomic mass is 16.5. The van der Waals surface area contributed by atoms with E-state index in [0.29, 0.717) is 42.2 Å². The number of pyridine rings is 4. The van der Waals surface area contributed by atoms with Crippen molar-refractivity contribution >= 4 is 69.1 Å². The van der Waals surface area contributed by atoms with Crippen molar-refractivity contribution in [2.24, 2.45) is 0 Å². The molecule has 0 atom stereocenters. The minimum atomic E-state index is -0.367. The molecule has 4 aliphatic heterocycles. The molecule has 0 bridgehead atoms. The normalized spacial score (nSPS) is 13.9. The molecule has 0 spiro atoms. The number of aryl methyl sites for hydroxylation is 5. The van der Waals surface area contributed by atoms with Gasteiger partial charge in [0.05, 0.1) is 53.6 Å². The van der Waals surface area contributed by atoms with Gasteiger partial charge in [0.15, 0.2) is 28.4 Å². The molecule has 0 unspecified atom stereocenters. The molecule has 20 aromatic rings. The second-order valence-electron chi connectivity index (χ2n) is 38.0. The molecule has 4 saturated heterocycles. The molecule has 16 heterocycles. The molecule has 0 radical (unpaired) electrons. The summed E-state index contributed by atoms with van der Waals surface area (Å²) in [5.74, 6) is 4.82. The molecular formula is C117H122N26O5. The van der Waals surface area contributed by atoms with E-state index in [-0.39, 0.29) is 11.7 Å². The molecule has 4 aliphatic rings. The van der Waals surface area contributed by atoms with Crippen LogP contribution in [-0.2, 0) is 32.4 Å².